The molecule has 1 amide bonds. The van der Waals surface area contributed by atoms with Gasteiger partial charge in [0, 0.05) is 7.05 Å². The molecule has 0 saturated heterocycles. The molecular formula is C20H25NO5. The largest absolute Gasteiger partial charge is 0.482 e. The molecular weight excluding hydrogens is 334 g/mol. The molecule has 1 aromatic carbocycles. The number of benzene rings is 1. The zero-order chi connectivity index (χ0) is 19.1. The molecule has 0 saturated carbocycles. The number of hydrogen-bond donors (Lipinski definition) is 0. The van der Waals surface area contributed by atoms with E-state index in [0.29, 0.717) is 24.0 Å². The molecule has 1 heterocycles. The Morgan fingerprint density at radius 3 is 2.58 bits per heavy atom. The molecule has 0 bridgehead atoms. The van der Waals surface area contributed by atoms with Gasteiger partial charge in [0.2, 0.25) is 0 Å². The number of ether oxygens (including phenoxy) is 2. The highest BCUT2D eigenvalue weighted by Crippen LogP contribution is 2.23. The standard InChI is InChI=1S/C20H25NO5/c1-14(2)18-8-7-16(10-15(18)3)25-13-20(23)26-12-19(22)21(4)11-17-6-5-9-24-17/h5-10,14H,11-13H2,1-4H3. The zero-order valence-corrected chi connectivity index (χ0v) is 15.7. The first kappa shape index (κ1) is 19.6. The highest BCUT2D eigenvalue weighted by molar-refractivity contribution is 5.80. The summed E-state index contributed by atoms with van der Waals surface area (Å²) in [5, 5.41) is 0. The molecule has 0 aliphatic heterocycles. The summed E-state index contributed by atoms with van der Waals surface area (Å²) in [4.78, 5) is 25.2. The van der Waals surface area contributed by atoms with Crippen LogP contribution in [0.25, 0.3) is 0 Å². The Balaban J connectivity index is 1.74. The van der Waals surface area contributed by atoms with Crippen LogP contribution >= 0.6 is 0 Å². The minimum Gasteiger partial charge on any atom is -0.482 e. The van der Waals surface area contributed by atoms with Crippen LogP contribution in [-0.2, 0) is 20.9 Å². The summed E-state index contributed by atoms with van der Waals surface area (Å²) < 4.78 is 15.6. The van der Waals surface area contributed by atoms with Crippen LogP contribution in [0.3, 0.4) is 0 Å². The third kappa shape index (κ3) is 5.65. The summed E-state index contributed by atoms with van der Waals surface area (Å²) in [5.41, 5.74) is 2.35. The number of rotatable bonds is 8. The molecule has 6 nitrogen and oxygen atoms in total. The van der Waals surface area contributed by atoms with Crippen LogP contribution in [0.2, 0.25) is 0 Å². The lowest BCUT2D eigenvalue weighted by Crippen LogP contribution is -2.31. The molecule has 140 valence electrons. The summed E-state index contributed by atoms with van der Waals surface area (Å²) >= 11 is 0. The summed E-state index contributed by atoms with van der Waals surface area (Å²) in [7, 11) is 1.62. The number of furan rings is 1. The van der Waals surface area contributed by atoms with Crippen molar-refractivity contribution in [2.45, 2.75) is 33.2 Å². The predicted molar refractivity (Wildman–Crippen MR) is 96.9 cm³/mol. The average molecular weight is 359 g/mol. The quantitative estimate of drug-likeness (QED) is 0.677. The lowest BCUT2D eigenvalue weighted by Gasteiger charge is -2.16. The van der Waals surface area contributed by atoms with Gasteiger partial charge in [0.25, 0.3) is 5.91 Å². The summed E-state index contributed by atoms with van der Waals surface area (Å²) in [6, 6.07) is 9.24. The molecule has 26 heavy (non-hydrogen) atoms. The van der Waals surface area contributed by atoms with E-state index in [1.165, 1.54) is 10.5 Å². The monoisotopic (exact) mass is 359 g/mol. The van der Waals surface area contributed by atoms with Crippen molar-refractivity contribution in [3.63, 3.8) is 0 Å². The van der Waals surface area contributed by atoms with Gasteiger partial charge in [-0.25, -0.2) is 4.79 Å². The van der Waals surface area contributed by atoms with E-state index in [4.69, 9.17) is 13.9 Å². The fourth-order valence-electron chi connectivity index (χ4n) is 2.55. The lowest BCUT2D eigenvalue weighted by molar-refractivity contribution is -0.153. The highest BCUT2D eigenvalue weighted by atomic mass is 16.6. The molecule has 0 atom stereocenters. The normalized spacial score (nSPS) is 10.7. The van der Waals surface area contributed by atoms with Crippen LogP contribution in [0.4, 0.5) is 0 Å². The van der Waals surface area contributed by atoms with E-state index in [0.717, 1.165) is 5.56 Å². The van der Waals surface area contributed by atoms with Crippen LogP contribution in [0.5, 0.6) is 5.75 Å². The number of likely N-dealkylation sites (N-methyl/N-ethyl adjacent to an activating group) is 1. The number of carbonyl (C=O) groups is 2. The smallest absolute Gasteiger partial charge is 0.344 e. The number of aryl methyl sites for hydroxylation is 1. The molecule has 0 fully saturated rings. The van der Waals surface area contributed by atoms with Gasteiger partial charge in [-0.15, -0.1) is 0 Å². The van der Waals surface area contributed by atoms with Crippen LogP contribution in [0.15, 0.2) is 41.0 Å². The maximum absolute atomic E-state index is 12.0. The second-order valence-electron chi connectivity index (χ2n) is 6.45. The van der Waals surface area contributed by atoms with Crippen molar-refractivity contribution >= 4 is 11.9 Å². The minimum atomic E-state index is -0.588. The van der Waals surface area contributed by atoms with E-state index in [2.05, 4.69) is 13.8 Å². The molecule has 0 radical (unpaired) electrons. The van der Waals surface area contributed by atoms with Gasteiger partial charge in [0.1, 0.15) is 11.5 Å². The number of esters is 1. The third-order valence-electron chi connectivity index (χ3n) is 3.98. The van der Waals surface area contributed by atoms with Crippen LogP contribution in [0.1, 0.15) is 36.7 Å². The first-order chi connectivity index (χ1) is 12.4. The van der Waals surface area contributed by atoms with Crippen molar-refractivity contribution in [3.8, 4) is 5.75 Å². The molecule has 2 rings (SSSR count). The predicted octanol–water partition coefficient (Wildman–Crippen LogP) is 3.29. The van der Waals surface area contributed by atoms with E-state index in [1.807, 2.05) is 25.1 Å². The van der Waals surface area contributed by atoms with E-state index in [9.17, 15) is 9.59 Å². The van der Waals surface area contributed by atoms with E-state index in [-0.39, 0.29) is 19.1 Å². The van der Waals surface area contributed by atoms with E-state index in [1.54, 1.807) is 25.4 Å². The third-order valence-corrected chi connectivity index (χ3v) is 3.98. The van der Waals surface area contributed by atoms with Gasteiger partial charge in [-0.05, 0) is 48.2 Å². The van der Waals surface area contributed by atoms with Gasteiger partial charge >= 0.3 is 5.97 Å². The molecule has 6 heteroatoms. The topological polar surface area (TPSA) is 69.0 Å². The van der Waals surface area contributed by atoms with Gasteiger partial charge < -0.3 is 18.8 Å². The van der Waals surface area contributed by atoms with Crippen LogP contribution in [-0.4, -0.2) is 37.0 Å². The zero-order valence-electron chi connectivity index (χ0n) is 15.7. The van der Waals surface area contributed by atoms with Gasteiger partial charge in [0.15, 0.2) is 13.2 Å². The average Bonchev–Trinajstić information content (AvgIpc) is 3.10. The fraction of sp³-hybridized carbons (Fsp3) is 0.400. The highest BCUT2D eigenvalue weighted by Gasteiger charge is 2.14. The molecule has 2 aromatic rings. The summed E-state index contributed by atoms with van der Waals surface area (Å²) in [6.45, 7) is 6.01. The molecule has 0 N–H and O–H groups in total. The van der Waals surface area contributed by atoms with Crippen LogP contribution in [0, 0.1) is 6.92 Å². The van der Waals surface area contributed by atoms with Crippen molar-refractivity contribution < 1.29 is 23.5 Å². The van der Waals surface area contributed by atoms with Crippen molar-refractivity contribution in [1.29, 1.82) is 0 Å². The Morgan fingerprint density at radius 2 is 1.96 bits per heavy atom. The van der Waals surface area contributed by atoms with Crippen molar-refractivity contribution in [3.05, 3.63) is 53.5 Å². The molecule has 0 aliphatic carbocycles. The number of hydrogen-bond acceptors (Lipinski definition) is 5. The molecule has 0 aliphatic rings. The minimum absolute atomic E-state index is 0.240. The summed E-state index contributed by atoms with van der Waals surface area (Å²) in [6.07, 6.45) is 1.54. The fourth-order valence-corrected chi connectivity index (χ4v) is 2.55. The summed E-state index contributed by atoms with van der Waals surface area (Å²) in [5.74, 6) is 0.793. The van der Waals surface area contributed by atoms with Crippen molar-refractivity contribution in [2.24, 2.45) is 0 Å². The number of amides is 1. The number of nitrogens with zero attached hydrogens (tertiary/aromatic N) is 1. The van der Waals surface area contributed by atoms with Gasteiger partial charge in [-0.2, -0.15) is 0 Å². The first-order valence-electron chi connectivity index (χ1n) is 8.52. The van der Waals surface area contributed by atoms with Crippen molar-refractivity contribution in [1.82, 2.24) is 4.90 Å². The molecule has 0 unspecified atom stereocenters. The SMILES string of the molecule is Cc1cc(OCC(=O)OCC(=O)N(C)Cc2ccco2)ccc1C(C)C. The first-order valence-corrected chi connectivity index (χ1v) is 8.52. The van der Waals surface area contributed by atoms with Gasteiger partial charge in [-0.3, -0.25) is 4.79 Å². The Morgan fingerprint density at radius 1 is 1.19 bits per heavy atom. The van der Waals surface area contributed by atoms with E-state index < -0.39 is 5.97 Å². The van der Waals surface area contributed by atoms with E-state index >= 15 is 0 Å². The van der Waals surface area contributed by atoms with Gasteiger partial charge in [0.05, 0.1) is 12.8 Å². The Bertz CT molecular complexity index is 737. The lowest BCUT2D eigenvalue weighted by atomic mass is 9.98. The van der Waals surface area contributed by atoms with Crippen molar-refractivity contribution in [2.75, 3.05) is 20.3 Å². The second-order valence-corrected chi connectivity index (χ2v) is 6.45. The second kappa shape index (κ2) is 9.08. The van der Waals surface area contributed by atoms with Gasteiger partial charge in [-0.1, -0.05) is 19.9 Å². The number of carbonyl (C=O) groups excluding carboxylic acids is 2. The maximum atomic E-state index is 12.0. The van der Waals surface area contributed by atoms with Crippen LogP contribution < -0.4 is 4.74 Å². The Labute approximate surface area is 153 Å². The molecule has 0 spiro atoms. The Hall–Kier alpha value is -2.76. The Kier molecular flexibility index (Phi) is 6.83. The maximum Gasteiger partial charge on any atom is 0.344 e. The molecule has 1 aromatic heterocycles.